The zero-order valence-electron chi connectivity index (χ0n) is 17.5. The number of halogens is 3. The van der Waals surface area contributed by atoms with Crippen LogP contribution in [-0.2, 0) is 21.4 Å². The standard InChI is InChI=1S/C23H20BrCl2N3O3S/c1-16-5-11-19(12-6-16)33(31,32)29(14-17-7-9-18(24)10-8-17)15-23(30)28-27-13-20-21(25)3-2-4-22(20)26/h2-13H,14-15H2,1H3,(H,28,30)/b27-13-. The number of carbonyl (C=O) groups excluding carboxylic acids is 1. The predicted octanol–water partition coefficient (Wildman–Crippen LogP) is 5.41. The van der Waals surface area contributed by atoms with E-state index in [1.807, 2.05) is 19.1 Å². The molecule has 0 bridgehead atoms. The Morgan fingerprint density at radius 3 is 2.24 bits per heavy atom. The van der Waals surface area contributed by atoms with Gasteiger partial charge in [-0.3, -0.25) is 4.79 Å². The van der Waals surface area contributed by atoms with Gasteiger partial charge >= 0.3 is 0 Å². The van der Waals surface area contributed by atoms with Gasteiger partial charge in [0.15, 0.2) is 0 Å². The minimum absolute atomic E-state index is 0.0109. The summed E-state index contributed by atoms with van der Waals surface area (Å²) in [5.74, 6) is -0.609. The number of aryl methyl sites for hydroxylation is 1. The number of amides is 1. The molecule has 3 aromatic carbocycles. The van der Waals surface area contributed by atoms with Gasteiger partial charge < -0.3 is 0 Å². The molecule has 1 amide bonds. The van der Waals surface area contributed by atoms with E-state index in [0.29, 0.717) is 15.6 Å². The number of benzene rings is 3. The Kier molecular flexibility index (Phi) is 8.67. The van der Waals surface area contributed by atoms with Crippen molar-refractivity contribution in [3.8, 4) is 0 Å². The van der Waals surface area contributed by atoms with Gasteiger partial charge in [-0.2, -0.15) is 9.41 Å². The van der Waals surface area contributed by atoms with Crippen molar-refractivity contribution in [1.29, 1.82) is 0 Å². The molecular weight excluding hydrogens is 549 g/mol. The van der Waals surface area contributed by atoms with Gasteiger partial charge in [-0.1, -0.05) is 75.0 Å². The van der Waals surface area contributed by atoms with E-state index in [2.05, 4.69) is 26.5 Å². The van der Waals surface area contributed by atoms with Crippen LogP contribution < -0.4 is 5.43 Å². The van der Waals surface area contributed by atoms with E-state index in [1.54, 1.807) is 42.5 Å². The molecule has 172 valence electrons. The van der Waals surface area contributed by atoms with Crippen LogP contribution in [0.3, 0.4) is 0 Å². The van der Waals surface area contributed by atoms with Crippen molar-refractivity contribution in [3.63, 3.8) is 0 Å². The van der Waals surface area contributed by atoms with Crippen molar-refractivity contribution in [1.82, 2.24) is 9.73 Å². The van der Waals surface area contributed by atoms with Gasteiger partial charge in [0.1, 0.15) is 0 Å². The van der Waals surface area contributed by atoms with Gasteiger partial charge in [0.2, 0.25) is 10.0 Å². The average Bonchev–Trinajstić information content (AvgIpc) is 2.77. The Labute approximate surface area is 211 Å². The molecular formula is C23H20BrCl2N3O3S. The molecule has 0 aliphatic rings. The molecule has 3 rings (SSSR count). The number of nitrogens with zero attached hydrogens (tertiary/aromatic N) is 2. The summed E-state index contributed by atoms with van der Waals surface area (Å²) in [6.07, 6.45) is 1.32. The fourth-order valence-electron chi connectivity index (χ4n) is 2.88. The Morgan fingerprint density at radius 2 is 1.64 bits per heavy atom. The summed E-state index contributed by atoms with van der Waals surface area (Å²) in [4.78, 5) is 12.7. The highest BCUT2D eigenvalue weighted by atomic mass is 79.9. The maximum atomic E-state index is 13.3. The second-order valence-corrected chi connectivity index (χ2v) is 10.8. The molecule has 0 radical (unpaired) electrons. The third kappa shape index (κ3) is 6.88. The van der Waals surface area contributed by atoms with Crippen LogP contribution >= 0.6 is 39.1 Å². The summed E-state index contributed by atoms with van der Waals surface area (Å²) < 4.78 is 28.6. The molecule has 0 atom stereocenters. The van der Waals surface area contributed by atoms with Crippen LogP contribution in [0.1, 0.15) is 16.7 Å². The largest absolute Gasteiger partial charge is 0.272 e. The predicted molar refractivity (Wildman–Crippen MR) is 135 cm³/mol. The molecule has 10 heteroatoms. The zero-order chi connectivity index (χ0) is 24.0. The SMILES string of the molecule is Cc1ccc(S(=O)(=O)N(CC(=O)N/N=C\c2c(Cl)cccc2Cl)Cc2ccc(Br)cc2)cc1. The van der Waals surface area contributed by atoms with Crippen LogP contribution in [0.4, 0.5) is 0 Å². The summed E-state index contributed by atoms with van der Waals surface area (Å²) in [5.41, 5.74) is 4.45. The van der Waals surface area contributed by atoms with Crippen molar-refractivity contribution >= 4 is 61.3 Å². The van der Waals surface area contributed by atoms with E-state index >= 15 is 0 Å². The fourth-order valence-corrected chi connectivity index (χ4v) is 5.02. The minimum Gasteiger partial charge on any atom is -0.272 e. The van der Waals surface area contributed by atoms with Crippen LogP contribution in [0.25, 0.3) is 0 Å². The van der Waals surface area contributed by atoms with Crippen molar-refractivity contribution < 1.29 is 13.2 Å². The van der Waals surface area contributed by atoms with Gasteiger partial charge in [-0.05, 0) is 48.9 Å². The fraction of sp³-hybridized carbons (Fsp3) is 0.130. The van der Waals surface area contributed by atoms with E-state index in [1.165, 1.54) is 18.3 Å². The lowest BCUT2D eigenvalue weighted by molar-refractivity contribution is -0.121. The molecule has 0 unspecified atom stereocenters. The number of hydrogen-bond donors (Lipinski definition) is 1. The van der Waals surface area contributed by atoms with E-state index in [9.17, 15) is 13.2 Å². The number of hydrazone groups is 1. The Balaban J connectivity index is 1.81. The highest BCUT2D eigenvalue weighted by Gasteiger charge is 2.27. The molecule has 0 spiro atoms. The van der Waals surface area contributed by atoms with Crippen LogP contribution in [0.15, 0.2) is 81.2 Å². The molecule has 0 aliphatic heterocycles. The number of hydrogen-bond acceptors (Lipinski definition) is 4. The summed E-state index contributed by atoms with van der Waals surface area (Å²) >= 11 is 15.5. The molecule has 0 saturated heterocycles. The van der Waals surface area contributed by atoms with Crippen molar-refractivity contribution in [2.24, 2.45) is 5.10 Å². The minimum atomic E-state index is -3.95. The first-order chi connectivity index (χ1) is 15.7. The molecule has 1 N–H and O–H groups in total. The topological polar surface area (TPSA) is 78.8 Å². The molecule has 0 fully saturated rings. The first-order valence-corrected chi connectivity index (χ1v) is 12.7. The van der Waals surface area contributed by atoms with Crippen LogP contribution in [0.2, 0.25) is 10.0 Å². The van der Waals surface area contributed by atoms with Gasteiger partial charge in [-0.25, -0.2) is 13.8 Å². The number of carbonyl (C=O) groups is 1. The monoisotopic (exact) mass is 567 g/mol. The Morgan fingerprint density at radius 1 is 1.03 bits per heavy atom. The van der Waals surface area contributed by atoms with Gasteiger partial charge in [0.05, 0.1) is 27.7 Å². The van der Waals surface area contributed by atoms with Gasteiger partial charge in [-0.15, -0.1) is 0 Å². The quantitative estimate of drug-likeness (QED) is 0.292. The molecule has 0 aromatic heterocycles. The molecule has 0 aliphatic carbocycles. The average molecular weight is 569 g/mol. The van der Waals surface area contributed by atoms with Crippen LogP contribution in [0.5, 0.6) is 0 Å². The lowest BCUT2D eigenvalue weighted by Gasteiger charge is -2.21. The Bertz CT molecular complexity index is 1240. The third-order valence-electron chi connectivity index (χ3n) is 4.63. The van der Waals surface area contributed by atoms with Crippen LogP contribution in [-0.4, -0.2) is 31.4 Å². The first-order valence-electron chi connectivity index (χ1n) is 9.74. The molecule has 3 aromatic rings. The summed E-state index contributed by atoms with van der Waals surface area (Å²) in [7, 11) is -3.95. The highest BCUT2D eigenvalue weighted by molar-refractivity contribution is 9.10. The van der Waals surface area contributed by atoms with E-state index < -0.39 is 22.5 Å². The maximum absolute atomic E-state index is 13.3. The van der Waals surface area contributed by atoms with E-state index in [-0.39, 0.29) is 11.4 Å². The lowest BCUT2D eigenvalue weighted by Crippen LogP contribution is -2.39. The molecule has 0 saturated carbocycles. The van der Waals surface area contributed by atoms with Gasteiger partial charge in [0, 0.05) is 16.6 Å². The third-order valence-corrected chi connectivity index (χ3v) is 7.63. The first kappa shape index (κ1) is 25.4. The van der Waals surface area contributed by atoms with Crippen molar-refractivity contribution in [3.05, 3.63) is 97.9 Å². The highest BCUT2D eigenvalue weighted by Crippen LogP contribution is 2.22. The van der Waals surface area contributed by atoms with Crippen LogP contribution in [0, 0.1) is 6.92 Å². The van der Waals surface area contributed by atoms with E-state index in [0.717, 1.165) is 19.9 Å². The zero-order valence-corrected chi connectivity index (χ0v) is 21.4. The number of rotatable bonds is 8. The normalized spacial score (nSPS) is 11.8. The van der Waals surface area contributed by atoms with Gasteiger partial charge in [0.25, 0.3) is 5.91 Å². The van der Waals surface area contributed by atoms with E-state index in [4.69, 9.17) is 23.2 Å². The Hall–Kier alpha value is -2.23. The summed E-state index contributed by atoms with van der Waals surface area (Å²) in [6.45, 7) is 1.45. The number of nitrogens with one attached hydrogen (secondary N) is 1. The maximum Gasteiger partial charge on any atom is 0.255 e. The second-order valence-electron chi connectivity index (χ2n) is 7.14. The van der Waals surface area contributed by atoms with Crippen molar-refractivity contribution in [2.45, 2.75) is 18.4 Å². The second kappa shape index (κ2) is 11.3. The molecule has 0 heterocycles. The number of sulfonamides is 1. The summed E-state index contributed by atoms with van der Waals surface area (Å²) in [6, 6.07) is 18.6. The lowest BCUT2D eigenvalue weighted by atomic mass is 10.2. The van der Waals surface area contributed by atoms with Crippen molar-refractivity contribution in [2.75, 3.05) is 6.54 Å². The molecule has 33 heavy (non-hydrogen) atoms. The summed E-state index contributed by atoms with van der Waals surface area (Å²) in [5, 5.41) is 4.63. The smallest absolute Gasteiger partial charge is 0.255 e. The molecule has 6 nitrogen and oxygen atoms in total.